The molecule has 0 unspecified atom stereocenters. The number of methoxy groups -OCH3 is 1. The van der Waals surface area contributed by atoms with Crippen LogP contribution >= 0.6 is 11.6 Å². The third-order valence-electron chi connectivity index (χ3n) is 3.33. The number of carbonyl (C=O) groups excluding carboxylic acids is 1. The number of benzene rings is 1. The molecule has 144 valence electrons. The number of nitrogens with zero attached hydrogens (tertiary/aromatic N) is 1. The Bertz CT molecular complexity index is 854. The summed E-state index contributed by atoms with van der Waals surface area (Å²) in [7, 11) is 1.47. The zero-order valence-electron chi connectivity index (χ0n) is 14.4. The maximum Gasteiger partial charge on any atom is 0.417 e. The molecule has 9 heteroatoms. The van der Waals surface area contributed by atoms with E-state index in [0.717, 1.165) is 5.56 Å². The van der Waals surface area contributed by atoms with Crippen molar-refractivity contribution < 1.29 is 27.4 Å². The smallest absolute Gasteiger partial charge is 0.417 e. The van der Waals surface area contributed by atoms with Gasteiger partial charge in [0.05, 0.1) is 17.7 Å². The molecule has 2 rings (SSSR count). The molecule has 27 heavy (non-hydrogen) atoms. The van der Waals surface area contributed by atoms with Gasteiger partial charge in [0.1, 0.15) is 0 Å². The highest BCUT2D eigenvalue weighted by Crippen LogP contribution is 2.32. The van der Waals surface area contributed by atoms with E-state index in [9.17, 15) is 18.0 Å². The fourth-order valence-electron chi connectivity index (χ4n) is 2.10. The summed E-state index contributed by atoms with van der Waals surface area (Å²) >= 11 is 5.75. The molecule has 5 nitrogen and oxygen atoms in total. The van der Waals surface area contributed by atoms with Gasteiger partial charge in [0.2, 0.25) is 0 Å². The molecule has 0 spiro atoms. The van der Waals surface area contributed by atoms with E-state index >= 15 is 0 Å². The maximum absolute atomic E-state index is 12.6. The van der Waals surface area contributed by atoms with E-state index in [1.165, 1.54) is 7.11 Å². The number of aromatic nitrogens is 1. The minimum absolute atomic E-state index is 0.186. The number of nitrogens with one attached hydrogen (secondary N) is 1. The first-order chi connectivity index (χ1) is 12.7. The average molecular weight is 401 g/mol. The standard InChI is InChI=1S/C18H16ClF3N2O3/c1-3-4-11-5-6-14(15(7-11)26-2)27-10-16(25)24-17-13(19)8-12(9-23-17)18(20,21)22/h3-9H,10H2,1-2H3,(H,23,24,25). The topological polar surface area (TPSA) is 60.5 Å². The number of allylic oxidation sites excluding steroid dienone is 1. The Kier molecular flexibility index (Phi) is 6.68. The van der Waals surface area contributed by atoms with Gasteiger partial charge >= 0.3 is 6.18 Å². The monoisotopic (exact) mass is 400 g/mol. The molecule has 0 fully saturated rings. The van der Waals surface area contributed by atoms with Gasteiger partial charge in [-0.05, 0) is 30.7 Å². The molecule has 0 bridgehead atoms. The summed E-state index contributed by atoms with van der Waals surface area (Å²) in [5.74, 6) is -0.0473. The van der Waals surface area contributed by atoms with Crippen molar-refractivity contribution in [2.24, 2.45) is 0 Å². The van der Waals surface area contributed by atoms with E-state index < -0.39 is 24.3 Å². The fraction of sp³-hybridized carbons (Fsp3) is 0.222. The number of halogens is 4. The first-order valence-corrected chi connectivity index (χ1v) is 8.08. The minimum Gasteiger partial charge on any atom is -0.493 e. The number of carbonyl (C=O) groups is 1. The second-order valence-corrected chi connectivity index (χ2v) is 5.71. The highest BCUT2D eigenvalue weighted by Gasteiger charge is 2.31. The van der Waals surface area contributed by atoms with Gasteiger partial charge in [-0.2, -0.15) is 13.2 Å². The summed E-state index contributed by atoms with van der Waals surface area (Å²) in [5.41, 5.74) is -0.111. The number of rotatable bonds is 6. The van der Waals surface area contributed by atoms with Gasteiger partial charge in [0.25, 0.3) is 5.91 Å². The molecule has 1 N–H and O–H groups in total. The minimum atomic E-state index is -4.57. The Morgan fingerprint density at radius 1 is 1.30 bits per heavy atom. The summed E-state index contributed by atoms with van der Waals surface area (Å²) in [6.07, 6.45) is -0.246. The number of alkyl halides is 3. The Morgan fingerprint density at radius 3 is 2.63 bits per heavy atom. The molecule has 0 saturated carbocycles. The Balaban J connectivity index is 2.03. The van der Waals surface area contributed by atoms with E-state index in [-0.39, 0.29) is 10.8 Å². The highest BCUT2D eigenvalue weighted by molar-refractivity contribution is 6.33. The summed E-state index contributed by atoms with van der Waals surface area (Å²) < 4.78 is 48.4. The van der Waals surface area contributed by atoms with Gasteiger partial charge in [-0.25, -0.2) is 4.98 Å². The normalized spacial score (nSPS) is 11.5. The van der Waals surface area contributed by atoms with E-state index in [1.807, 2.05) is 19.1 Å². The van der Waals surface area contributed by atoms with Crippen molar-refractivity contribution in [3.63, 3.8) is 0 Å². The van der Waals surface area contributed by atoms with Crippen molar-refractivity contribution in [1.82, 2.24) is 4.98 Å². The molecule has 1 aromatic heterocycles. The van der Waals surface area contributed by atoms with Crippen LogP contribution in [0.4, 0.5) is 19.0 Å². The van der Waals surface area contributed by atoms with Crippen LogP contribution in [0, 0.1) is 0 Å². The van der Waals surface area contributed by atoms with E-state index in [2.05, 4.69) is 10.3 Å². The first-order valence-electron chi connectivity index (χ1n) is 7.70. The van der Waals surface area contributed by atoms with Crippen LogP contribution in [0.15, 0.2) is 36.5 Å². The molecule has 0 aliphatic carbocycles. The van der Waals surface area contributed by atoms with Crippen molar-refractivity contribution in [1.29, 1.82) is 0 Å². The van der Waals surface area contributed by atoms with Gasteiger partial charge in [0.15, 0.2) is 23.9 Å². The number of ether oxygens (including phenoxy) is 2. The number of amides is 1. The predicted octanol–water partition coefficient (Wildman–Crippen LogP) is 4.81. The molecule has 0 saturated heterocycles. The summed E-state index contributed by atoms with van der Waals surface area (Å²) in [6, 6.07) is 5.85. The number of hydrogen-bond acceptors (Lipinski definition) is 4. The molecule has 1 aromatic carbocycles. The fourth-order valence-corrected chi connectivity index (χ4v) is 2.31. The maximum atomic E-state index is 12.6. The van der Waals surface area contributed by atoms with Crippen molar-refractivity contribution >= 4 is 29.4 Å². The number of pyridine rings is 1. The van der Waals surface area contributed by atoms with Crippen LogP contribution in [0.2, 0.25) is 5.02 Å². The molecule has 1 heterocycles. The second kappa shape index (κ2) is 8.77. The molecule has 0 aliphatic rings. The lowest BCUT2D eigenvalue weighted by Crippen LogP contribution is -2.21. The molecular formula is C18H16ClF3N2O3. The van der Waals surface area contributed by atoms with Crippen LogP contribution in [-0.2, 0) is 11.0 Å². The lowest BCUT2D eigenvalue weighted by Gasteiger charge is -2.12. The van der Waals surface area contributed by atoms with Crippen molar-refractivity contribution in [3.8, 4) is 11.5 Å². The van der Waals surface area contributed by atoms with E-state index in [1.54, 1.807) is 18.2 Å². The molecule has 0 atom stereocenters. The number of anilines is 1. The summed E-state index contributed by atoms with van der Waals surface area (Å²) in [5, 5.41) is 1.97. The van der Waals surface area contributed by atoms with Crippen LogP contribution in [0.25, 0.3) is 6.08 Å². The zero-order valence-corrected chi connectivity index (χ0v) is 15.2. The Labute approximate surface area is 158 Å². The van der Waals surface area contributed by atoms with Gasteiger partial charge in [0, 0.05) is 6.20 Å². The van der Waals surface area contributed by atoms with Crippen molar-refractivity contribution in [2.75, 3.05) is 19.0 Å². The van der Waals surface area contributed by atoms with E-state index in [0.29, 0.717) is 23.8 Å². The van der Waals surface area contributed by atoms with E-state index in [4.69, 9.17) is 21.1 Å². The van der Waals surface area contributed by atoms with Crippen LogP contribution < -0.4 is 14.8 Å². The van der Waals surface area contributed by atoms with Gasteiger partial charge in [-0.1, -0.05) is 29.8 Å². The third-order valence-corrected chi connectivity index (χ3v) is 3.62. The van der Waals surface area contributed by atoms with Crippen LogP contribution in [0.5, 0.6) is 11.5 Å². The van der Waals surface area contributed by atoms with Crippen LogP contribution in [-0.4, -0.2) is 24.6 Å². The molecular weight excluding hydrogens is 385 g/mol. The summed E-state index contributed by atoms with van der Waals surface area (Å²) in [6.45, 7) is 1.47. The molecule has 1 amide bonds. The van der Waals surface area contributed by atoms with Crippen LogP contribution in [0.1, 0.15) is 18.1 Å². The van der Waals surface area contributed by atoms with Gasteiger partial charge in [-0.3, -0.25) is 4.79 Å². The number of hydrogen-bond donors (Lipinski definition) is 1. The van der Waals surface area contributed by atoms with Crippen molar-refractivity contribution in [2.45, 2.75) is 13.1 Å². The quantitative estimate of drug-likeness (QED) is 0.755. The molecule has 0 radical (unpaired) electrons. The Hall–Kier alpha value is -2.74. The predicted molar refractivity (Wildman–Crippen MR) is 96.1 cm³/mol. The van der Waals surface area contributed by atoms with Crippen LogP contribution in [0.3, 0.4) is 0 Å². The average Bonchev–Trinajstić information content (AvgIpc) is 2.61. The molecule has 2 aromatic rings. The zero-order chi connectivity index (χ0) is 20.0. The SMILES string of the molecule is CC=Cc1ccc(OCC(=O)Nc2ncc(C(F)(F)F)cc2Cl)c(OC)c1. The van der Waals surface area contributed by atoms with Gasteiger partial charge in [-0.15, -0.1) is 0 Å². The van der Waals surface area contributed by atoms with Gasteiger partial charge < -0.3 is 14.8 Å². The first kappa shape index (κ1) is 20.6. The third kappa shape index (κ3) is 5.62. The highest BCUT2D eigenvalue weighted by atomic mass is 35.5. The second-order valence-electron chi connectivity index (χ2n) is 5.30. The summed E-state index contributed by atoms with van der Waals surface area (Å²) in [4.78, 5) is 15.5. The largest absolute Gasteiger partial charge is 0.493 e. The Morgan fingerprint density at radius 2 is 2.04 bits per heavy atom. The lowest BCUT2D eigenvalue weighted by atomic mass is 10.2. The molecule has 0 aliphatic heterocycles. The van der Waals surface area contributed by atoms with Crippen molar-refractivity contribution in [3.05, 3.63) is 52.7 Å². The lowest BCUT2D eigenvalue weighted by molar-refractivity contribution is -0.137.